The molecule has 2 aliphatic carbocycles. The Balaban J connectivity index is 1.81. The second-order valence-corrected chi connectivity index (χ2v) is 8.61. The molecule has 0 amide bonds. The molecule has 23 heavy (non-hydrogen) atoms. The SMILES string of the molecule is CC(C)(O)C1C2C(=O)OC1C1(C)OC(=O)C34OC3CC2(O)C14C. The first kappa shape index (κ1) is 14.2. The molecule has 3 aliphatic heterocycles. The van der Waals surface area contributed by atoms with Gasteiger partial charge in [0.2, 0.25) is 5.60 Å². The molecule has 8 atom stereocenters. The molecule has 0 aromatic rings. The lowest BCUT2D eigenvalue weighted by Crippen LogP contribution is -2.73. The Labute approximate surface area is 132 Å². The zero-order chi connectivity index (χ0) is 16.8. The highest BCUT2D eigenvalue weighted by atomic mass is 16.7. The van der Waals surface area contributed by atoms with Crippen molar-refractivity contribution < 1.29 is 34.0 Å². The predicted molar refractivity (Wildman–Crippen MR) is 72.9 cm³/mol. The number of epoxide rings is 1. The molecule has 8 unspecified atom stereocenters. The van der Waals surface area contributed by atoms with E-state index in [4.69, 9.17) is 14.2 Å². The van der Waals surface area contributed by atoms with Crippen molar-refractivity contribution in [3.63, 3.8) is 0 Å². The van der Waals surface area contributed by atoms with Crippen LogP contribution in [-0.4, -0.2) is 56.8 Å². The van der Waals surface area contributed by atoms with Crippen LogP contribution in [0, 0.1) is 17.3 Å². The third kappa shape index (κ3) is 1.02. The van der Waals surface area contributed by atoms with Crippen LogP contribution in [0.1, 0.15) is 34.1 Å². The van der Waals surface area contributed by atoms with Gasteiger partial charge in [-0.2, -0.15) is 0 Å². The largest absolute Gasteiger partial charge is 0.457 e. The van der Waals surface area contributed by atoms with Crippen molar-refractivity contribution >= 4 is 11.9 Å². The summed E-state index contributed by atoms with van der Waals surface area (Å²) in [4.78, 5) is 25.1. The smallest absolute Gasteiger partial charge is 0.342 e. The van der Waals surface area contributed by atoms with Gasteiger partial charge in [-0.3, -0.25) is 4.79 Å². The molecule has 1 spiro atoms. The summed E-state index contributed by atoms with van der Waals surface area (Å²) in [6.45, 7) is 6.63. The molecule has 126 valence electrons. The first-order valence-corrected chi connectivity index (χ1v) is 8.02. The first-order chi connectivity index (χ1) is 10.4. The Kier molecular flexibility index (Phi) is 1.95. The number of hydrogen-bond acceptors (Lipinski definition) is 7. The van der Waals surface area contributed by atoms with Gasteiger partial charge in [-0.1, -0.05) is 0 Å². The minimum absolute atomic E-state index is 0.174. The third-order valence-corrected chi connectivity index (χ3v) is 7.49. The van der Waals surface area contributed by atoms with Gasteiger partial charge in [0.15, 0.2) is 5.60 Å². The second kappa shape index (κ2) is 3.17. The van der Waals surface area contributed by atoms with Crippen LogP contribution >= 0.6 is 0 Å². The van der Waals surface area contributed by atoms with Crippen molar-refractivity contribution in [2.75, 3.05) is 0 Å². The minimum Gasteiger partial charge on any atom is -0.457 e. The van der Waals surface area contributed by atoms with Crippen molar-refractivity contribution in [2.45, 2.75) is 68.7 Å². The molecule has 3 heterocycles. The standard InChI is InChI=1S/C16H20O7/c1-12(2,19)7-8-10(17)21-9(7)13(3)14(4)15(8,20)5-6-16(14,22-6)11(18)23-13/h6-9,19-20H,5H2,1-4H3. The number of rotatable bonds is 1. The molecule has 5 aliphatic rings. The molecule has 3 saturated heterocycles. The number of fused-ring (bicyclic) bond motifs is 4. The topological polar surface area (TPSA) is 106 Å². The number of esters is 2. The zero-order valence-electron chi connectivity index (χ0n) is 13.5. The summed E-state index contributed by atoms with van der Waals surface area (Å²) < 4.78 is 16.9. The van der Waals surface area contributed by atoms with E-state index in [0.29, 0.717) is 0 Å². The molecule has 2 N–H and O–H groups in total. The number of ether oxygens (including phenoxy) is 3. The zero-order valence-corrected chi connectivity index (χ0v) is 13.5. The van der Waals surface area contributed by atoms with Gasteiger partial charge in [-0.15, -0.1) is 0 Å². The van der Waals surface area contributed by atoms with Crippen molar-refractivity contribution in [3.05, 3.63) is 0 Å². The van der Waals surface area contributed by atoms with E-state index in [2.05, 4.69) is 0 Å². The monoisotopic (exact) mass is 324 g/mol. The summed E-state index contributed by atoms with van der Waals surface area (Å²) >= 11 is 0. The summed E-state index contributed by atoms with van der Waals surface area (Å²) in [5.74, 6) is -2.58. The van der Waals surface area contributed by atoms with Crippen molar-refractivity contribution in [1.82, 2.24) is 0 Å². The van der Waals surface area contributed by atoms with Gasteiger partial charge in [0, 0.05) is 12.3 Å². The van der Waals surface area contributed by atoms with Crippen LogP contribution < -0.4 is 0 Å². The van der Waals surface area contributed by atoms with E-state index in [1.807, 2.05) is 0 Å². The van der Waals surface area contributed by atoms with E-state index in [0.717, 1.165) is 0 Å². The highest BCUT2D eigenvalue weighted by molar-refractivity contribution is 5.92. The number of carbonyl (C=O) groups excluding carboxylic acids is 2. The summed E-state index contributed by atoms with van der Waals surface area (Å²) in [7, 11) is 0. The number of hydrogen-bond donors (Lipinski definition) is 2. The Bertz CT molecular complexity index is 676. The fourth-order valence-corrected chi connectivity index (χ4v) is 6.28. The number of aliphatic hydroxyl groups is 2. The second-order valence-electron chi connectivity index (χ2n) is 8.61. The van der Waals surface area contributed by atoms with Crippen LogP contribution in [0.25, 0.3) is 0 Å². The lowest BCUT2D eigenvalue weighted by atomic mass is 9.47. The Morgan fingerprint density at radius 3 is 2.52 bits per heavy atom. The lowest BCUT2D eigenvalue weighted by Gasteiger charge is -2.57. The summed E-state index contributed by atoms with van der Waals surface area (Å²) in [6, 6.07) is 0. The van der Waals surface area contributed by atoms with Gasteiger partial charge in [0.05, 0.1) is 22.5 Å². The first-order valence-electron chi connectivity index (χ1n) is 8.02. The average Bonchev–Trinajstić information content (AvgIpc) is 2.87. The predicted octanol–water partition coefficient (Wildman–Crippen LogP) is -0.477. The van der Waals surface area contributed by atoms with Crippen LogP contribution in [0.3, 0.4) is 0 Å². The molecule has 7 nitrogen and oxygen atoms in total. The van der Waals surface area contributed by atoms with Crippen molar-refractivity contribution in [3.8, 4) is 0 Å². The molecule has 5 rings (SSSR count). The lowest BCUT2D eigenvalue weighted by molar-refractivity contribution is -0.260. The highest BCUT2D eigenvalue weighted by Crippen LogP contribution is 2.80. The van der Waals surface area contributed by atoms with Crippen LogP contribution in [0.5, 0.6) is 0 Å². The fraction of sp³-hybridized carbons (Fsp3) is 0.875. The maximum absolute atomic E-state index is 12.6. The quantitative estimate of drug-likeness (QED) is 0.496. The molecule has 0 aromatic carbocycles. The summed E-state index contributed by atoms with van der Waals surface area (Å²) in [5, 5.41) is 22.2. The minimum atomic E-state index is -1.51. The van der Waals surface area contributed by atoms with Gasteiger partial charge in [0.25, 0.3) is 0 Å². The van der Waals surface area contributed by atoms with Gasteiger partial charge in [-0.05, 0) is 27.7 Å². The Morgan fingerprint density at radius 1 is 1.26 bits per heavy atom. The molecular formula is C16H20O7. The van der Waals surface area contributed by atoms with E-state index in [1.165, 1.54) is 0 Å². The molecule has 0 aromatic heterocycles. The highest BCUT2D eigenvalue weighted by Gasteiger charge is 2.98. The van der Waals surface area contributed by atoms with Gasteiger partial charge >= 0.3 is 11.9 Å². The molecular weight excluding hydrogens is 304 g/mol. The van der Waals surface area contributed by atoms with Crippen molar-refractivity contribution in [1.29, 1.82) is 0 Å². The Morgan fingerprint density at radius 2 is 1.91 bits per heavy atom. The van der Waals surface area contributed by atoms with Crippen LogP contribution in [-0.2, 0) is 23.8 Å². The number of carbonyl (C=O) groups is 2. The van der Waals surface area contributed by atoms with Gasteiger partial charge in [-0.25, -0.2) is 4.79 Å². The van der Waals surface area contributed by atoms with E-state index < -0.39 is 63.8 Å². The van der Waals surface area contributed by atoms with E-state index in [1.54, 1.807) is 27.7 Å². The van der Waals surface area contributed by atoms with Crippen LogP contribution in [0.15, 0.2) is 0 Å². The van der Waals surface area contributed by atoms with Crippen molar-refractivity contribution in [2.24, 2.45) is 17.3 Å². The van der Waals surface area contributed by atoms with Crippen LogP contribution in [0.4, 0.5) is 0 Å². The van der Waals surface area contributed by atoms with Gasteiger partial charge in [0.1, 0.15) is 12.2 Å². The maximum Gasteiger partial charge on any atom is 0.342 e. The molecule has 2 bridgehead atoms. The van der Waals surface area contributed by atoms with E-state index in [9.17, 15) is 19.8 Å². The third-order valence-electron chi connectivity index (χ3n) is 7.49. The summed E-state index contributed by atoms with van der Waals surface area (Å²) in [6.07, 6.45) is -1.08. The molecule has 5 fully saturated rings. The molecule has 0 radical (unpaired) electrons. The average molecular weight is 324 g/mol. The Hall–Kier alpha value is -1.18. The molecule has 2 saturated carbocycles. The van der Waals surface area contributed by atoms with Crippen LogP contribution in [0.2, 0.25) is 0 Å². The fourth-order valence-electron chi connectivity index (χ4n) is 6.28. The molecule has 7 heteroatoms. The van der Waals surface area contributed by atoms with E-state index in [-0.39, 0.29) is 6.42 Å². The van der Waals surface area contributed by atoms with Gasteiger partial charge < -0.3 is 24.4 Å². The maximum atomic E-state index is 12.6. The summed E-state index contributed by atoms with van der Waals surface area (Å²) in [5.41, 5.74) is -6.29. The van der Waals surface area contributed by atoms with E-state index >= 15 is 0 Å². The normalized spacial score (nSPS) is 61.8.